The molecule has 2 aromatic rings. The summed E-state index contributed by atoms with van der Waals surface area (Å²) in [4.78, 5) is 0. The molecule has 3 heteroatoms. The van der Waals surface area contributed by atoms with Gasteiger partial charge in [0.25, 0.3) is 0 Å². The van der Waals surface area contributed by atoms with Gasteiger partial charge < -0.3 is 10.8 Å². The summed E-state index contributed by atoms with van der Waals surface area (Å²) < 4.78 is 13.4. The minimum Gasteiger partial charge on any atom is -0.388 e. The first kappa shape index (κ1) is 14.2. The van der Waals surface area contributed by atoms with Crippen molar-refractivity contribution in [2.75, 3.05) is 6.54 Å². The zero-order valence-corrected chi connectivity index (χ0v) is 12.1. The number of hydrogen-bond acceptors (Lipinski definition) is 2. The first-order chi connectivity index (χ1) is 10.1. The molecule has 2 nitrogen and oxygen atoms in total. The van der Waals surface area contributed by atoms with Gasteiger partial charge in [0.2, 0.25) is 0 Å². The average Bonchev–Trinajstić information content (AvgIpc) is 2.89. The van der Waals surface area contributed by atoms with Crippen molar-refractivity contribution < 1.29 is 9.50 Å². The second-order valence-electron chi connectivity index (χ2n) is 6.10. The highest BCUT2D eigenvalue weighted by Gasteiger charge is 2.42. The molecule has 3 rings (SSSR count). The van der Waals surface area contributed by atoms with Gasteiger partial charge in [-0.15, -0.1) is 0 Å². The molecule has 0 saturated heterocycles. The first-order valence-corrected chi connectivity index (χ1v) is 7.27. The standard InChI is InChI=1S/C18H20FNO/c1-12-8-13(6-7-16(12)19)17(21)18(11-20)9-14-4-2-3-5-15(14)10-18/h2-8,17,21H,9-11,20H2,1H3. The number of fused-ring (bicyclic) bond motifs is 1. The van der Waals surface area contributed by atoms with Crippen LogP contribution in [0.4, 0.5) is 4.39 Å². The van der Waals surface area contributed by atoms with Crippen LogP contribution >= 0.6 is 0 Å². The van der Waals surface area contributed by atoms with E-state index in [1.807, 2.05) is 12.1 Å². The fraction of sp³-hybridized carbons (Fsp3) is 0.333. The van der Waals surface area contributed by atoms with E-state index in [0.29, 0.717) is 12.1 Å². The molecule has 0 spiro atoms. The van der Waals surface area contributed by atoms with Crippen molar-refractivity contribution in [1.82, 2.24) is 0 Å². The third kappa shape index (κ3) is 2.37. The predicted molar refractivity (Wildman–Crippen MR) is 81.4 cm³/mol. The summed E-state index contributed by atoms with van der Waals surface area (Å²) in [5.41, 5.74) is 9.42. The molecule has 1 aliphatic carbocycles. The Labute approximate surface area is 124 Å². The molecule has 0 fully saturated rings. The molecule has 1 atom stereocenters. The highest BCUT2D eigenvalue weighted by molar-refractivity contribution is 5.37. The first-order valence-electron chi connectivity index (χ1n) is 7.27. The monoisotopic (exact) mass is 285 g/mol. The molecule has 2 aromatic carbocycles. The number of halogens is 1. The molecule has 1 unspecified atom stereocenters. The molecule has 3 N–H and O–H groups in total. The van der Waals surface area contributed by atoms with Gasteiger partial charge in [0.15, 0.2) is 0 Å². The quantitative estimate of drug-likeness (QED) is 0.911. The number of aryl methyl sites for hydroxylation is 1. The number of hydrogen-bond donors (Lipinski definition) is 2. The Hall–Kier alpha value is -1.71. The van der Waals surface area contributed by atoms with Crippen LogP contribution in [0.1, 0.15) is 28.4 Å². The Morgan fingerprint density at radius 2 is 1.81 bits per heavy atom. The summed E-state index contributed by atoms with van der Waals surface area (Å²) in [5, 5.41) is 10.9. The van der Waals surface area contributed by atoms with Crippen LogP contribution in [0.3, 0.4) is 0 Å². The van der Waals surface area contributed by atoms with Crippen LogP contribution in [0.15, 0.2) is 42.5 Å². The minimum atomic E-state index is -0.686. The van der Waals surface area contributed by atoms with Gasteiger partial charge in [0, 0.05) is 12.0 Å². The number of aliphatic hydroxyl groups excluding tert-OH is 1. The Morgan fingerprint density at radius 3 is 2.33 bits per heavy atom. The molecule has 0 saturated carbocycles. The lowest BCUT2D eigenvalue weighted by Gasteiger charge is -2.33. The summed E-state index contributed by atoms with van der Waals surface area (Å²) in [6.45, 7) is 2.11. The zero-order chi connectivity index (χ0) is 15.0. The van der Waals surface area contributed by atoms with E-state index in [1.165, 1.54) is 17.2 Å². The summed E-state index contributed by atoms with van der Waals surface area (Å²) in [5.74, 6) is -0.248. The van der Waals surface area contributed by atoms with Gasteiger partial charge in [-0.2, -0.15) is 0 Å². The van der Waals surface area contributed by atoms with Crippen molar-refractivity contribution in [3.05, 3.63) is 70.5 Å². The van der Waals surface area contributed by atoms with E-state index < -0.39 is 11.5 Å². The highest BCUT2D eigenvalue weighted by atomic mass is 19.1. The SMILES string of the molecule is Cc1cc(C(O)C2(CN)Cc3ccccc3C2)ccc1F. The predicted octanol–water partition coefficient (Wildman–Crippen LogP) is 2.91. The zero-order valence-electron chi connectivity index (χ0n) is 12.1. The molecule has 0 aliphatic heterocycles. The summed E-state index contributed by atoms with van der Waals surface area (Å²) in [6, 6.07) is 13.0. The molecule has 0 aromatic heterocycles. The van der Waals surface area contributed by atoms with E-state index in [9.17, 15) is 9.50 Å². The van der Waals surface area contributed by atoms with E-state index in [1.54, 1.807) is 19.1 Å². The average molecular weight is 285 g/mol. The second kappa shape index (κ2) is 5.24. The van der Waals surface area contributed by atoms with Crippen LogP contribution in [0, 0.1) is 18.2 Å². The lowest BCUT2D eigenvalue weighted by atomic mass is 9.76. The minimum absolute atomic E-state index is 0.248. The van der Waals surface area contributed by atoms with Crippen molar-refractivity contribution in [2.45, 2.75) is 25.9 Å². The Bertz CT molecular complexity index is 643. The molecular weight excluding hydrogens is 265 g/mol. The normalized spacial score (nSPS) is 17.5. The smallest absolute Gasteiger partial charge is 0.126 e. The molecular formula is C18H20FNO. The maximum absolute atomic E-state index is 13.4. The van der Waals surface area contributed by atoms with E-state index in [-0.39, 0.29) is 5.82 Å². The summed E-state index contributed by atoms with van der Waals surface area (Å²) >= 11 is 0. The van der Waals surface area contributed by atoms with Gasteiger partial charge in [-0.1, -0.05) is 36.4 Å². The lowest BCUT2D eigenvalue weighted by Crippen LogP contribution is -2.37. The molecule has 0 radical (unpaired) electrons. The van der Waals surface area contributed by atoms with Crippen LogP contribution in [-0.2, 0) is 12.8 Å². The Balaban J connectivity index is 1.95. The van der Waals surface area contributed by atoms with Crippen molar-refractivity contribution >= 4 is 0 Å². The third-order valence-corrected chi connectivity index (χ3v) is 4.69. The van der Waals surface area contributed by atoms with E-state index in [2.05, 4.69) is 12.1 Å². The lowest BCUT2D eigenvalue weighted by molar-refractivity contribution is 0.0357. The maximum atomic E-state index is 13.4. The molecule has 110 valence electrons. The summed E-state index contributed by atoms with van der Waals surface area (Å²) in [7, 11) is 0. The van der Waals surface area contributed by atoms with E-state index >= 15 is 0 Å². The fourth-order valence-corrected chi connectivity index (χ4v) is 3.36. The van der Waals surface area contributed by atoms with Crippen LogP contribution in [0.2, 0.25) is 0 Å². The Kier molecular flexibility index (Phi) is 3.56. The molecule has 0 heterocycles. The molecule has 0 amide bonds. The van der Waals surface area contributed by atoms with Crippen LogP contribution in [-0.4, -0.2) is 11.7 Å². The van der Waals surface area contributed by atoms with Gasteiger partial charge in [-0.25, -0.2) is 4.39 Å². The van der Waals surface area contributed by atoms with Crippen molar-refractivity contribution in [3.63, 3.8) is 0 Å². The van der Waals surface area contributed by atoms with Gasteiger partial charge in [0.05, 0.1) is 6.10 Å². The second-order valence-corrected chi connectivity index (χ2v) is 6.10. The van der Waals surface area contributed by atoms with E-state index in [4.69, 9.17) is 5.73 Å². The van der Waals surface area contributed by atoms with Crippen LogP contribution < -0.4 is 5.73 Å². The van der Waals surface area contributed by atoms with E-state index in [0.717, 1.165) is 18.4 Å². The topological polar surface area (TPSA) is 46.2 Å². The highest BCUT2D eigenvalue weighted by Crippen LogP contribution is 2.45. The third-order valence-electron chi connectivity index (χ3n) is 4.69. The summed E-state index contributed by atoms with van der Waals surface area (Å²) in [6.07, 6.45) is 0.836. The van der Waals surface area contributed by atoms with Gasteiger partial charge >= 0.3 is 0 Å². The number of aliphatic hydroxyl groups is 1. The molecule has 0 bridgehead atoms. The van der Waals surface area contributed by atoms with Gasteiger partial charge in [-0.05, 0) is 48.1 Å². The van der Waals surface area contributed by atoms with Crippen molar-refractivity contribution in [3.8, 4) is 0 Å². The Morgan fingerprint density at radius 1 is 1.19 bits per heavy atom. The fourth-order valence-electron chi connectivity index (χ4n) is 3.36. The van der Waals surface area contributed by atoms with Crippen LogP contribution in [0.5, 0.6) is 0 Å². The molecule has 1 aliphatic rings. The van der Waals surface area contributed by atoms with Crippen LogP contribution in [0.25, 0.3) is 0 Å². The van der Waals surface area contributed by atoms with Gasteiger partial charge in [0.1, 0.15) is 5.82 Å². The number of nitrogens with two attached hydrogens (primary N) is 1. The maximum Gasteiger partial charge on any atom is 0.126 e. The van der Waals surface area contributed by atoms with Crippen molar-refractivity contribution in [1.29, 1.82) is 0 Å². The van der Waals surface area contributed by atoms with Gasteiger partial charge in [-0.3, -0.25) is 0 Å². The molecule has 21 heavy (non-hydrogen) atoms. The number of benzene rings is 2. The largest absolute Gasteiger partial charge is 0.388 e. The number of rotatable bonds is 3. The van der Waals surface area contributed by atoms with Crippen molar-refractivity contribution in [2.24, 2.45) is 11.1 Å².